The minimum Gasteiger partial charge on any atom is -0.314 e. The van der Waals surface area contributed by atoms with Gasteiger partial charge in [0.25, 0.3) is 0 Å². The van der Waals surface area contributed by atoms with Gasteiger partial charge in [0.1, 0.15) is 11.6 Å². The second-order valence-corrected chi connectivity index (χ2v) is 4.23. The maximum absolute atomic E-state index is 4.25. The lowest BCUT2D eigenvalue weighted by molar-refractivity contribution is 0.394. The Labute approximate surface area is 84.7 Å². The van der Waals surface area contributed by atoms with Gasteiger partial charge in [0.15, 0.2) is 0 Å². The standard InChI is InChI=1S/C10H18N4/c1-7-4-5-14-9(6-7)12-13-10(14)8(2)11-3/h7-8,11H,4-6H2,1-3H3. The van der Waals surface area contributed by atoms with Crippen LogP contribution in [0.25, 0.3) is 0 Å². The van der Waals surface area contributed by atoms with Crippen molar-refractivity contribution in [2.24, 2.45) is 5.92 Å². The number of hydrogen-bond acceptors (Lipinski definition) is 3. The van der Waals surface area contributed by atoms with E-state index in [2.05, 4.69) is 33.9 Å². The molecule has 4 heteroatoms. The van der Waals surface area contributed by atoms with Crippen LogP contribution in [-0.2, 0) is 13.0 Å². The fourth-order valence-electron chi connectivity index (χ4n) is 1.96. The van der Waals surface area contributed by atoms with E-state index in [1.807, 2.05) is 7.05 Å². The zero-order chi connectivity index (χ0) is 10.1. The average Bonchev–Trinajstić information content (AvgIpc) is 2.59. The van der Waals surface area contributed by atoms with Crippen molar-refractivity contribution in [2.45, 2.75) is 39.3 Å². The molecule has 1 aromatic rings. The van der Waals surface area contributed by atoms with Gasteiger partial charge in [-0.2, -0.15) is 0 Å². The average molecular weight is 194 g/mol. The highest BCUT2D eigenvalue weighted by Crippen LogP contribution is 2.21. The summed E-state index contributed by atoms with van der Waals surface area (Å²) in [5.41, 5.74) is 0. The lowest BCUT2D eigenvalue weighted by atomic mass is 10.0. The largest absolute Gasteiger partial charge is 0.314 e. The van der Waals surface area contributed by atoms with Crippen LogP contribution in [0.15, 0.2) is 0 Å². The van der Waals surface area contributed by atoms with E-state index in [9.17, 15) is 0 Å². The Kier molecular flexibility index (Phi) is 2.54. The van der Waals surface area contributed by atoms with E-state index in [1.54, 1.807) is 0 Å². The first kappa shape index (κ1) is 9.65. The molecular weight excluding hydrogens is 176 g/mol. The molecule has 2 heterocycles. The molecule has 1 aliphatic heterocycles. The van der Waals surface area contributed by atoms with Crippen LogP contribution in [0, 0.1) is 5.92 Å². The number of hydrogen-bond donors (Lipinski definition) is 1. The van der Waals surface area contributed by atoms with Gasteiger partial charge in [-0.25, -0.2) is 0 Å². The molecule has 1 aromatic heterocycles. The summed E-state index contributed by atoms with van der Waals surface area (Å²) in [6.07, 6.45) is 2.32. The highest BCUT2D eigenvalue weighted by atomic mass is 15.3. The number of nitrogens with one attached hydrogen (secondary N) is 1. The van der Waals surface area contributed by atoms with Crippen LogP contribution in [-0.4, -0.2) is 21.8 Å². The molecule has 2 rings (SSSR count). The molecule has 0 spiro atoms. The molecule has 1 N–H and O–H groups in total. The highest BCUT2D eigenvalue weighted by molar-refractivity contribution is 5.03. The van der Waals surface area contributed by atoms with Crippen molar-refractivity contribution in [1.29, 1.82) is 0 Å². The summed E-state index contributed by atoms with van der Waals surface area (Å²) in [5, 5.41) is 11.7. The molecule has 0 bridgehead atoms. The molecule has 14 heavy (non-hydrogen) atoms. The van der Waals surface area contributed by atoms with E-state index in [0.717, 1.165) is 30.5 Å². The van der Waals surface area contributed by atoms with Gasteiger partial charge in [0.2, 0.25) is 0 Å². The third kappa shape index (κ3) is 1.54. The number of aromatic nitrogens is 3. The molecule has 0 aliphatic carbocycles. The summed E-state index contributed by atoms with van der Waals surface area (Å²) in [6, 6.07) is 0.296. The van der Waals surface area contributed by atoms with E-state index in [1.165, 1.54) is 6.42 Å². The fraction of sp³-hybridized carbons (Fsp3) is 0.800. The Bertz CT molecular complexity index is 318. The Hall–Kier alpha value is -0.900. The number of rotatable bonds is 2. The maximum Gasteiger partial charge on any atom is 0.149 e. The van der Waals surface area contributed by atoms with E-state index in [0.29, 0.717) is 6.04 Å². The zero-order valence-electron chi connectivity index (χ0n) is 9.12. The van der Waals surface area contributed by atoms with Gasteiger partial charge in [0.05, 0.1) is 6.04 Å². The van der Waals surface area contributed by atoms with Crippen LogP contribution in [0.3, 0.4) is 0 Å². The summed E-state index contributed by atoms with van der Waals surface area (Å²) >= 11 is 0. The molecule has 0 fully saturated rings. The monoisotopic (exact) mass is 194 g/mol. The van der Waals surface area contributed by atoms with Crippen molar-refractivity contribution >= 4 is 0 Å². The molecule has 2 atom stereocenters. The van der Waals surface area contributed by atoms with Crippen molar-refractivity contribution in [2.75, 3.05) is 7.05 Å². The fourth-order valence-corrected chi connectivity index (χ4v) is 1.96. The topological polar surface area (TPSA) is 42.7 Å². The molecule has 0 saturated heterocycles. The van der Waals surface area contributed by atoms with Gasteiger partial charge >= 0.3 is 0 Å². The maximum atomic E-state index is 4.25. The normalized spacial score (nSPS) is 23.2. The van der Waals surface area contributed by atoms with Gasteiger partial charge in [0, 0.05) is 13.0 Å². The van der Waals surface area contributed by atoms with E-state index >= 15 is 0 Å². The predicted molar refractivity (Wildman–Crippen MR) is 55.0 cm³/mol. The summed E-state index contributed by atoms with van der Waals surface area (Å²) in [4.78, 5) is 0. The molecular formula is C10H18N4. The summed E-state index contributed by atoms with van der Waals surface area (Å²) in [7, 11) is 1.96. The zero-order valence-corrected chi connectivity index (χ0v) is 9.12. The number of fused-ring (bicyclic) bond motifs is 1. The first-order chi connectivity index (χ1) is 6.72. The van der Waals surface area contributed by atoms with E-state index < -0.39 is 0 Å². The van der Waals surface area contributed by atoms with Crippen molar-refractivity contribution in [3.63, 3.8) is 0 Å². The molecule has 0 saturated carbocycles. The lowest BCUT2D eigenvalue weighted by Crippen LogP contribution is -2.23. The predicted octanol–water partition coefficient (Wildman–Crippen LogP) is 1.14. The minimum atomic E-state index is 0.296. The first-order valence-corrected chi connectivity index (χ1v) is 5.31. The van der Waals surface area contributed by atoms with Crippen molar-refractivity contribution < 1.29 is 0 Å². The van der Waals surface area contributed by atoms with Crippen molar-refractivity contribution in [3.05, 3.63) is 11.6 Å². The van der Waals surface area contributed by atoms with Crippen molar-refractivity contribution in [1.82, 2.24) is 20.1 Å². The summed E-state index contributed by atoms with van der Waals surface area (Å²) in [5.74, 6) is 2.99. The second kappa shape index (κ2) is 3.69. The Morgan fingerprint density at radius 3 is 3.00 bits per heavy atom. The van der Waals surface area contributed by atoms with Gasteiger partial charge in [-0.3, -0.25) is 0 Å². The van der Waals surface area contributed by atoms with Crippen LogP contribution in [0.5, 0.6) is 0 Å². The lowest BCUT2D eigenvalue weighted by Gasteiger charge is -2.21. The number of nitrogens with zero attached hydrogens (tertiary/aromatic N) is 3. The third-order valence-electron chi connectivity index (χ3n) is 3.05. The van der Waals surface area contributed by atoms with Gasteiger partial charge in [-0.1, -0.05) is 6.92 Å². The highest BCUT2D eigenvalue weighted by Gasteiger charge is 2.21. The van der Waals surface area contributed by atoms with Gasteiger partial charge in [-0.05, 0) is 26.3 Å². The quantitative estimate of drug-likeness (QED) is 0.767. The summed E-state index contributed by atoms with van der Waals surface area (Å²) in [6.45, 7) is 5.47. The van der Waals surface area contributed by atoms with Crippen LogP contribution in [0.1, 0.15) is 38.0 Å². The molecule has 1 aliphatic rings. The molecule has 4 nitrogen and oxygen atoms in total. The van der Waals surface area contributed by atoms with Gasteiger partial charge in [-0.15, -0.1) is 10.2 Å². The minimum absolute atomic E-state index is 0.296. The van der Waals surface area contributed by atoms with E-state index in [-0.39, 0.29) is 0 Å². The van der Waals surface area contributed by atoms with Crippen LogP contribution < -0.4 is 5.32 Å². The summed E-state index contributed by atoms with van der Waals surface area (Å²) < 4.78 is 2.27. The third-order valence-corrected chi connectivity index (χ3v) is 3.05. The van der Waals surface area contributed by atoms with Crippen molar-refractivity contribution in [3.8, 4) is 0 Å². The first-order valence-electron chi connectivity index (χ1n) is 5.31. The van der Waals surface area contributed by atoms with Crippen LogP contribution in [0.2, 0.25) is 0 Å². The van der Waals surface area contributed by atoms with Gasteiger partial charge < -0.3 is 9.88 Å². The molecule has 2 unspecified atom stereocenters. The molecule has 78 valence electrons. The smallest absolute Gasteiger partial charge is 0.149 e. The SMILES string of the molecule is CNC(C)c1nnc2n1CCC(C)C2. The Morgan fingerprint density at radius 2 is 2.29 bits per heavy atom. The van der Waals surface area contributed by atoms with Crippen LogP contribution in [0.4, 0.5) is 0 Å². The Balaban J connectivity index is 2.28. The van der Waals surface area contributed by atoms with Crippen LogP contribution >= 0.6 is 0 Å². The molecule has 0 radical (unpaired) electrons. The molecule has 0 amide bonds. The second-order valence-electron chi connectivity index (χ2n) is 4.23. The Morgan fingerprint density at radius 1 is 1.50 bits per heavy atom. The molecule has 0 aromatic carbocycles. The van der Waals surface area contributed by atoms with E-state index in [4.69, 9.17) is 0 Å².